The lowest BCUT2D eigenvalue weighted by molar-refractivity contribution is -0.136. The molecule has 0 bridgehead atoms. The van der Waals surface area contributed by atoms with Crippen LogP contribution in [0.2, 0.25) is 0 Å². The van der Waals surface area contributed by atoms with Crippen LogP contribution in [0.25, 0.3) is 0 Å². The van der Waals surface area contributed by atoms with Gasteiger partial charge in [-0.1, -0.05) is 18.2 Å². The highest BCUT2D eigenvalue weighted by atomic mass is 32.2. The van der Waals surface area contributed by atoms with Gasteiger partial charge < -0.3 is 20.1 Å². The van der Waals surface area contributed by atoms with Crippen molar-refractivity contribution >= 4 is 45.9 Å². The van der Waals surface area contributed by atoms with Crippen LogP contribution in [-0.4, -0.2) is 50.7 Å². The van der Waals surface area contributed by atoms with E-state index in [4.69, 9.17) is 14.8 Å². The van der Waals surface area contributed by atoms with Gasteiger partial charge in [0.05, 0.1) is 12.1 Å². The lowest BCUT2D eigenvalue weighted by Crippen LogP contribution is -2.36. The number of para-hydroxylation sites is 1. The molecule has 1 amide bonds. The lowest BCUT2D eigenvalue weighted by Gasteiger charge is -2.30. The van der Waals surface area contributed by atoms with Crippen LogP contribution < -0.4 is 10.1 Å². The van der Waals surface area contributed by atoms with Crippen molar-refractivity contribution < 1.29 is 19.4 Å². The number of nitrogens with zero attached hydrogens (tertiary/aromatic N) is 3. The second-order valence-electron chi connectivity index (χ2n) is 7.91. The van der Waals surface area contributed by atoms with Crippen molar-refractivity contribution in [1.29, 1.82) is 0 Å². The van der Waals surface area contributed by atoms with Crippen molar-refractivity contribution in [3.05, 3.63) is 53.7 Å². The first-order chi connectivity index (χ1) is 16.5. The zero-order chi connectivity index (χ0) is 23.9. The third-order valence-electron chi connectivity index (χ3n) is 5.49. The molecule has 1 fully saturated rings. The van der Waals surface area contributed by atoms with Gasteiger partial charge in [-0.2, -0.15) is 0 Å². The predicted molar refractivity (Wildman–Crippen MR) is 133 cm³/mol. The minimum atomic E-state index is -0.828. The van der Waals surface area contributed by atoms with Gasteiger partial charge in [0.1, 0.15) is 5.75 Å². The molecule has 2 N–H and O–H groups in total. The molecule has 0 spiro atoms. The standard InChI is InChI=1S/C24H26N4O4S2/c1-16(29)28-10-7-17(8-11-28)20-15-34-24(26-20)27-23-21(32-18-5-3-2-4-6-18)13-19(14-25-23)33-12-9-22(30)31/h2-6,13-15,17H,7-12H2,1H3,(H,30,31)(H,25,26,27). The molecule has 0 aliphatic carbocycles. The maximum absolute atomic E-state index is 11.6. The van der Waals surface area contributed by atoms with Crippen LogP contribution in [0.1, 0.15) is 37.8 Å². The Bertz CT molecular complexity index is 1130. The molecule has 34 heavy (non-hydrogen) atoms. The summed E-state index contributed by atoms with van der Waals surface area (Å²) in [5.74, 6) is 1.84. The number of anilines is 2. The molecule has 0 saturated carbocycles. The third kappa shape index (κ3) is 6.48. The first-order valence-corrected chi connectivity index (χ1v) is 12.9. The molecule has 0 radical (unpaired) electrons. The zero-order valence-corrected chi connectivity index (χ0v) is 20.4. The van der Waals surface area contributed by atoms with E-state index in [9.17, 15) is 9.59 Å². The minimum absolute atomic E-state index is 0.0762. The number of carbonyl (C=O) groups excluding carboxylic acids is 1. The Kier molecular flexibility index (Phi) is 8.02. The Balaban J connectivity index is 1.48. The summed E-state index contributed by atoms with van der Waals surface area (Å²) >= 11 is 2.93. The van der Waals surface area contributed by atoms with E-state index in [-0.39, 0.29) is 12.3 Å². The summed E-state index contributed by atoms with van der Waals surface area (Å²) in [5.41, 5.74) is 1.03. The smallest absolute Gasteiger partial charge is 0.304 e. The molecule has 0 unspecified atom stereocenters. The molecule has 1 saturated heterocycles. The summed E-state index contributed by atoms with van der Waals surface area (Å²) in [6.45, 7) is 3.14. The number of aromatic nitrogens is 2. The molecule has 1 aliphatic heterocycles. The number of likely N-dealkylation sites (tertiary alicyclic amines) is 1. The first-order valence-electron chi connectivity index (χ1n) is 11.0. The highest BCUT2D eigenvalue weighted by molar-refractivity contribution is 7.99. The molecule has 3 heterocycles. The van der Waals surface area contributed by atoms with Crippen molar-refractivity contribution in [2.75, 3.05) is 24.2 Å². The van der Waals surface area contributed by atoms with Crippen LogP contribution in [0.5, 0.6) is 11.5 Å². The van der Waals surface area contributed by atoms with Gasteiger partial charge >= 0.3 is 5.97 Å². The number of carboxylic acids is 1. The molecular formula is C24H26N4O4S2. The number of amides is 1. The van der Waals surface area contributed by atoms with Gasteiger partial charge in [0.2, 0.25) is 5.91 Å². The second kappa shape index (κ2) is 11.3. The summed E-state index contributed by atoms with van der Waals surface area (Å²) in [5, 5.41) is 15.0. The van der Waals surface area contributed by atoms with Crippen molar-refractivity contribution in [3.63, 3.8) is 0 Å². The van der Waals surface area contributed by atoms with Gasteiger partial charge in [0.25, 0.3) is 0 Å². The van der Waals surface area contributed by atoms with E-state index < -0.39 is 5.97 Å². The molecule has 0 atom stereocenters. The zero-order valence-electron chi connectivity index (χ0n) is 18.8. The normalized spacial score (nSPS) is 14.1. The van der Waals surface area contributed by atoms with Gasteiger partial charge in [0.15, 0.2) is 16.7 Å². The molecule has 2 aromatic heterocycles. The van der Waals surface area contributed by atoms with E-state index in [0.29, 0.717) is 29.0 Å². The van der Waals surface area contributed by atoms with Crippen molar-refractivity contribution in [2.24, 2.45) is 0 Å². The highest BCUT2D eigenvalue weighted by Crippen LogP contribution is 2.36. The number of carboxylic acid groups (broad SMARTS) is 1. The average molecular weight is 499 g/mol. The maximum atomic E-state index is 11.6. The number of nitrogens with one attached hydrogen (secondary N) is 1. The Morgan fingerprint density at radius 2 is 2.03 bits per heavy atom. The number of piperidine rings is 1. The highest BCUT2D eigenvalue weighted by Gasteiger charge is 2.24. The number of rotatable bonds is 9. The van der Waals surface area contributed by atoms with Crippen LogP contribution in [0.3, 0.4) is 0 Å². The fourth-order valence-corrected chi connectivity index (χ4v) is 5.29. The monoisotopic (exact) mass is 498 g/mol. The van der Waals surface area contributed by atoms with Gasteiger partial charge in [-0.25, -0.2) is 9.97 Å². The number of pyridine rings is 1. The Hall–Kier alpha value is -3.11. The van der Waals surface area contributed by atoms with Crippen LogP contribution in [0, 0.1) is 0 Å². The van der Waals surface area contributed by atoms with Gasteiger partial charge in [-0.3, -0.25) is 9.59 Å². The van der Waals surface area contributed by atoms with Crippen LogP contribution in [0.15, 0.2) is 52.9 Å². The summed E-state index contributed by atoms with van der Waals surface area (Å²) < 4.78 is 6.09. The summed E-state index contributed by atoms with van der Waals surface area (Å²) in [6.07, 6.45) is 3.60. The summed E-state index contributed by atoms with van der Waals surface area (Å²) in [7, 11) is 0. The Morgan fingerprint density at radius 1 is 1.26 bits per heavy atom. The molecule has 3 aromatic rings. The minimum Gasteiger partial charge on any atom is -0.481 e. The molecule has 10 heteroatoms. The summed E-state index contributed by atoms with van der Waals surface area (Å²) in [4.78, 5) is 34.4. The van der Waals surface area contributed by atoms with Crippen molar-refractivity contribution in [2.45, 2.75) is 37.0 Å². The van der Waals surface area contributed by atoms with Gasteiger partial charge in [-0.05, 0) is 31.0 Å². The quantitative estimate of drug-likeness (QED) is 0.380. The fraction of sp³-hybridized carbons (Fsp3) is 0.333. The van der Waals surface area contributed by atoms with Crippen LogP contribution >= 0.6 is 23.1 Å². The molecule has 1 aliphatic rings. The third-order valence-corrected chi connectivity index (χ3v) is 7.23. The first kappa shape index (κ1) is 24.0. The molecule has 1 aromatic carbocycles. The summed E-state index contributed by atoms with van der Waals surface area (Å²) in [6, 6.07) is 11.3. The number of aliphatic carboxylic acids is 1. The number of benzene rings is 1. The SMILES string of the molecule is CC(=O)N1CCC(c2csc(Nc3ncc(SCCC(=O)O)cc3Oc3ccccc3)n2)CC1. The fourth-order valence-electron chi connectivity index (χ4n) is 3.67. The van der Waals surface area contributed by atoms with Gasteiger partial charge in [0, 0.05) is 48.2 Å². The van der Waals surface area contributed by atoms with Crippen LogP contribution in [0.4, 0.5) is 10.9 Å². The van der Waals surface area contributed by atoms with E-state index >= 15 is 0 Å². The lowest BCUT2D eigenvalue weighted by atomic mass is 9.94. The molecule has 4 rings (SSSR count). The maximum Gasteiger partial charge on any atom is 0.304 e. The number of carbonyl (C=O) groups is 2. The second-order valence-corrected chi connectivity index (χ2v) is 9.93. The Morgan fingerprint density at radius 3 is 2.74 bits per heavy atom. The van der Waals surface area contributed by atoms with E-state index in [2.05, 4.69) is 15.7 Å². The largest absolute Gasteiger partial charge is 0.481 e. The number of hydrogen-bond acceptors (Lipinski definition) is 8. The van der Waals surface area contributed by atoms with E-state index in [0.717, 1.165) is 41.7 Å². The number of ether oxygens (including phenoxy) is 1. The van der Waals surface area contributed by atoms with E-state index in [1.54, 1.807) is 13.1 Å². The van der Waals surface area contributed by atoms with Gasteiger partial charge in [-0.15, -0.1) is 23.1 Å². The molecule has 178 valence electrons. The number of hydrogen-bond donors (Lipinski definition) is 2. The number of thiazole rings is 1. The predicted octanol–water partition coefficient (Wildman–Crippen LogP) is 5.37. The molecule has 8 nitrogen and oxygen atoms in total. The Labute approximate surface area is 206 Å². The van der Waals surface area contributed by atoms with Crippen LogP contribution in [-0.2, 0) is 9.59 Å². The number of thioether (sulfide) groups is 1. The average Bonchev–Trinajstić information content (AvgIpc) is 3.30. The van der Waals surface area contributed by atoms with Crippen molar-refractivity contribution in [1.82, 2.24) is 14.9 Å². The van der Waals surface area contributed by atoms with Crippen molar-refractivity contribution in [3.8, 4) is 11.5 Å². The topological polar surface area (TPSA) is 105 Å². The molecular weight excluding hydrogens is 472 g/mol. The van der Waals surface area contributed by atoms with E-state index in [1.165, 1.54) is 23.1 Å². The van der Waals surface area contributed by atoms with E-state index in [1.807, 2.05) is 41.3 Å².